The standard InChI is InChI=1S/C22H32ClN3O4.C17H24ClN3O2.C4H8O2.2ClH/c1-22(2,3)30-21(28)25-10-8-17(9-11-25)26-13-19(20(24)27)29-14-18(26)12-15-4-6-16(23)7-5-15;18-13-3-1-12(2-4-13)9-15-11-23-16(17(19)22)10-21(15)14-5-7-20-8-6-14;1-3-6-4(2)5;;/h4-7,17-19H,8-14H2,1-3H3,(H2,24,27);1-4,14-16,20H,5-11H2,(H2,19,22);3H2,1-2H3;2*1H/t18?,19-;15?,16-;;;/m00.../s1. The van der Waals surface area contributed by atoms with Crippen molar-refractivity contribution in [3.8, 4) is 0 Å². The molecular weight excluding hydrogens is 870 g/mol. The lowest BCUT2D eigenvalue weighted by Crippen LogP contribution is -2.59. The van der Waals surface area contributed by atoms with Crippen LogP contribution in [0.15, 0.2) is 48.5 Å². The van der Waals surface area contributed by atoms with Crippen molar-refractivity contribution in [2.24, 2.45) is 11.5 Å². The SMILES string of the molecule is CC(C)(C)OC(=O)N1CCC(N2C[C@@H](C(N)=O)OCC2Cc2ccc(Cl)cc2)CC1.CCOC(C)=O.Cl.Cl.NC(=O)[C@@H]1CN(C2CCNCC2)C(Cc2ccc(Cl)cc2)CO1. The average molecular weight is 937 g/mol. The van der Waals surface area contributed by atoms with Crippen LogP contribution < -0.4 is 16.8 Å². The molecule has 0 saturated carbocycles. The Morgan fingerprint density at radius 3 is 1.49 bits per heavy atom. The van der Waals surface area contributed by atoms with Crippen LogP contribution in [0.3, 0.4) is 0 Å². The minimum atomic E-state index is -0.602. The van der Waals surface area contributed by atoms with E-state index in [-0.39, 0.29) is 60.9 Å². The molecule has 6 rings (SSSR count). The molecule has 0 spiro atoms. The molecule has 18 heteroatoms. The fourth-order valence-electron chi connectivity index (χ4n) is 7.86. The van der Waals surface area contributed by atoms with E-state index in [0.717, 1.165) is 56.6 Å². The number of likely N-dealkylation sites (tertiary alicyclic amines) is 1. The summed E-state index contributed by atoms with van der Waals surface area (Å²) in [6, 6.07) is 16.9. The number of carbonyl (C=O) groups excluding carboxylic acids is 4. The van der Waals surface area contributed by atoms with Crippen molar-refractivity contribution in [1.82, 2.24) is 20.0 Å². The highest BCUT2D eigenvalue weighted by Gasteiger charge is 2.39. The minimum Gasteiger partial charge on any atom is -0.466 e. The number of esters is 1. The quantitative estimate of drug-likeness (QED) is 0.273. The molecule has 0 aliphatic carbocycles. The van der Waals surface area contributed by atoms with Gasteiger partial charge in [0.05, 0.1) is 19.8 Å². The Morgan fingerprint density at radius 2 is 1.15 bits per heavy atom. The van der Waals surface area contributed by atoms with Crippen molar-refractivity contribution in [2.75, 3.05) is 59.1 Å². The van der Waals surface area contributed by atoms with E-state index in [1.54, 1.807) is 11.8 Å². The van der Waals surface area contributed by atoms with E-state index in [1.807, 2.05) is 57.2 Å². The van der Waals surface area contributed by atoms with Crippen molar-refractivity contribution in [3.63, 3.8) is 0 Å². The Labute approximate surface area is 383 Å². The number of primary amides is 2. The molecule has 4 aliphatic heterocycles. The second-order valence-corrected chi connectivity index (χ2v) is 17.3. The molecule has 3 amide bonds. The normalized spacial score (nSPS) is 22.7. The van der Waals surface area contributed by atoms with E-state index in [9.17, 15) is 19.2 Å². The molecule has 4 saturated heterocycles. The predicted octanol–water partition coefficient (Wildman–Crippen LogP) is 5.44. The molecule has 61 heavy (non-hydrogen) atoms. The van der Waals surface area contributed by atoms with Crippen LogP contribution in [0.2, 0.25) is 10.0 Å². The summed E-state index contributed by atoms with van der Waals surface area (Å²) in [5.41, 5.74) is 12.9. The van der Waals surface area contributed by atoms with Crippen LogP contribution >= 0.6 is 48.0 Å². The molecule has 5 N–H and O–H groups in total. The smallest absolute Gasteiger partial charge is 0.410 e. The zero-order valence-electron chi connectivity index (χ0n) is 36.0. The molecule has 344 valence electrons. The van der Waals surface area contributed by atoms with Gasteiger partial charge in [-0.3, -0.25) is 24.2 Å². The number of rotatable bonds is 9. The van der Waals surface area contributed by atoms with Gasteiger partial charge >= 0.3 is 12.1 Å². The Balaban J connectivity index is 0.000000368. The second kappa shape index (κ2) is 26.6. The molecule has 0 radical (unpaired) electrons. The lowest BCUT2D eigenvalue weighted by molar-refractivity contribution is -0.142. The van der Waals surface area contributed by atoms with Crippen LogP contribution in [0.1, 0.15) is 71.4 Å². The molecule has 2 unspecified atom stereocenters. The molecule has 2 aromatic carbocycles. The van der Waals surface area contributed by atoms with Gasteiger partial charge in [-0.05, 0) is 115 Å². The van der Waals surface area contributed by atoms with Gasteiger partial charge in [0.15, 0.2) is 0 Å². The molecule has 2 aromatic rings. The maximum atomic E-state index is 12.4. The second-order valence-electron chi connectivity index (χ2n) is 16.4. The number of ether oxygens (including phenoxy) is 4. The Morgan fingerprint density at radius 1 is 0.738 bits per heavy atom. The minimum absolute atomic E-state index is 0. The van der Waals surface area contributed by atoms with Gasteiger partial charge in [0.1, 0.15) is 17.8 Å². The van der Waals surface area contributed by atoms with Gasteiger partial charge < -0.3 is 40.6 Å². The van der Waals surface area contributed by atoms with Crippen molar-refractivity contribution in [1.29, 1.82) is 0 Å². The largest absolute Gasteiger partial charge is 0.466 e. The van der Waals surface area contributed by atoms with Crippen molar-refractivity contribution in [3.05, 3.63) is 69.7 Å². The average Bonchev–Trinajstić information content (AvgIpc) is 3.20. The number of piperidine rings is 2. The van der Waals surface area contributed by atoms with Gasteiger partial charge in [0, 0.05) is 67.3 Å². The molecule has 4 aliphatic rings. The Bertz CT molecular complexity index is 1640. The molecule has 14 nitrogen and oxygen atoms in total. The number of hydrogen-bond acceptors (Lipinski definition) is 11. The molecule has 4 fully saturated rings. The van der Waals surface area contributed by atoms with E-state index in [0.29, 0.717) is 57.1 Å². The number of nitrogens with one attached hydrogen (secondary N) is 1. The van der Waals surface area contributed by atoms with E-state index < -0.39 is 23.7 Å². The van der Waals surface area contributed by atoms with E-state index >= 15 is 0 Å². The molecule has 0 aromatic heterocycles. The summed E-state index contributed by atoms with van der Waals surface area (Å²) in [5, 5.41) is 4.85. The highest BCUT2D eigenvalue weighted by atomic mass is 35.5. The number of amides is 3. The summed E-state index contributed by atoms with van der Waals surface area (Å²) < 4.78 is 21.4. The molecule has 4 heterocycles. The first-order valence-electron chi connectivity index (χ1n) is 20.7. The number of nitrogens with two attached hydrogens (primary N) is 2. The number of hydrogen-bond donors (Lipinski definition) is 3. The van der Waals surface area contributed by atoms with Crippen LogP contribution in [0.25, 0.3) is 0 Å². The first kappa shape index (κ1) is 54.2. The number of halogens is 4. The number of morpholine rings is 2. The predicted molar refractivity (Wildman–Crippen MR) is 243 cm³/mol. The van der Waals surface area contributed by atoms with Gasteiger partial charge in [-0.15, -0.1) is 24.8 Å². The fraction of sp³-hybridized carbons (Fsp3) is 0.628. The topological polar surface area (TPSA) is 179 Å². The zero-order chi connectivity index (χ0) is 43.1. The first-order chi connectivity index (χ1) is 28.0. The number of nitrogens with zero attached hydrogens (tertiary/aromatic N) is 3. The van der Waals surface area contributed by atoms with Crippen LogP contribution in [-0.4, -0.2) is 140 Å². The lowest BCUT2D eigenvalue weighted by Gasteiger charge is -2.46. The zero-order valence-corrected chi connectivity index (χ0v) is 39.2. The van der Waals surface area contributed by atoms with Gasteiger partial charge in [-0.1, -0.05) is 47.5 Å². The molecule has 4 atom stereocenters. The van der Waals surface area contributed by atoms with Crippen molar-refractivity contribution < 1.29 is 38.1 Å². The summed E-state index contributed by atoms with van der Waals surface area (Å²) in [6.45, 7) is 14.6. The highest BCUT2D eigenvalue weighted by Crippen LogP contribution is 2.27. The van der Waals surface area contributed by atoms with Crippen LogP contribution in [0, 0.1) is 0 Å². The monoisotopic (exact) mass is 934 g/mol. The third-order valence-corrected chi connectivity index (χ3v) is 11.3. The van der Waals surface area contributed by atoms with Gasteiger partial charge in [0.2, 0.25) is 11.8 Å². The van der Waals surface area contributed by atoms with E-state index in [4.69, 9.17) is 48.9 Å². The summed E-state index contributed by atoms with van der Waals surface area (Å²) in [4.78, 5) is 52.0. The Hall–Kier alpha value is -2.92. The van der Waals surface area contributed by atoms with Gasteiger partial charge in [-0.25, -0.2) is 4.79 Å². The van der Waals surface area contributed by atoms with Gasteiger partial charge in [-0.2, -0.15) is 0 Å². The maximum absolute atomic E-state index is 12.4. The van der Waals surface area contributed by atoms with Crippen LogP contribution in [0.5, 0.6) is 0 Å². The van der Waals surface area contributed by atoms with Gasteiger partial charge in [0.25, 0.3) is 0 Å². The third kappa shape index (κ3) is 18.4. The van der Waals surface area contributed by atoms with Crippen molar-refractivity contribution >= 4 is 71.9 Å². The van der Waals surface area contributed by atoms with Crippen LogP contribution in [0.4, 0.5) is 4.79 Å². The molecule has 0 bridgehead atoms. The number of benzene rings is 2. The number of carbonyl (C=O) groups is 4. The van der Waals surface area contributed by atoms with Crippen molar-refractivity contribution in [2.45, 2.75) is 115 Å². The summed E-state index contributed by atoms with van der Waals surface area (Å²) in [7, 11) is 0. The summed E-state index contributed by atoms with van der Waals surface area (Å²) in [6.07, 6.45) is 4.17. The lowest BCUT2D eigenvalue weighted by atomic mass is 9.96. The maximum Gasteiger partial charge on any atom is 0.410 e. The van der Waals surface area contributed by atoms with E-state index in [1.165, 1.54) is 18.1 Å². The van der Waals surface area contributed by atoms with Crippen LogP contribution in [-0.2, 0) is 46.2 Å². The van der Waals surface area contributed by atoms with E-state index in [2.05, 4.69) is 32.0 Å². The molecular formula is C43H66Cl4N6O8. The summed E-state index contributed by atoms with van der Waals surface area (Å²) in [5.74, 6) is -1.01. The first-order valence-corrected chi connectivity index (χ1v) is 21.4. The Kier molecular flexibility index (Phi) is 23.7. The third-order valence-electron chi connectivity index (χ3n) is 10.8. The highest BCUT2D eigenvalue weighted by molar-refractivity contribution is 6.30. The fourth-order valence-corrected chi connectivity index (χ4v) is 8.11. The summed E-state index contributed by atoms with van der Waals surface area (Å²) >= 11 is 12.0.